The number of aromatic nitrogens is 3. The maximum atomic E-state index is 12.2. The molecule has 0 radical (unpaired) electrons. The van der Waals surface area contributed by atoms with Gasteiger partial charge in [0, 0.05) is 5.39 Å². The van der Waals surface area contributed by atoms with Crippen LogP contribution in [0.2, 0.25) is 0 Å². The standard InChI is InChI=1S/C12H9N3OS/c1-17-12-14-13-10-7-6-8-4-2-3-5-9(8)11(10)15(12)16/h2-7H,1H3. The highest BCUT2D eigenvalue weighted by Crippen LogP contribution is 2.21. The summed E-state index contributed by atoms with van der Waals surface area (Å²) in [5, 5.41) is 22.4. The van der Waals surface area contributed by atoms with Crippen LogP contribution >= 0.6 is 11.8 Å². The van der Waals surface area contributed by atoms with Crippen LogP contribution in [0.15, 0.2) is 41.6 Å². The molecule has 0 N–H and O–H groups in total. The van der Waals surface area contributed by atoms with E-state index >= 15 is 0 Å². The Hall–Kier alpha value is -1.88. The minimum absolute atomic E-state index is 0.369. The fourth-order valence-corrected chi connectivity index (χ4v) is 2.27. The number of fused-ring (bicyclic) bond motifs is 3. The molecule has 0 atom stereocenters. The second-order valence-corrected chi connectivity index (χ2v) is 4.41. The van der Waals surface area contributed by atoms with E-state index in [-0.39, 0.29) is 0 Å². The largest absolute Gasteiger partial charge is 0.710 e. The predicted molar refractivity (Wildman–Crippen MR) is 67.8 cm³/mol. The maximum absolute atomic E-state index is 12.2. The molecule has 0 aliphatic rings. The minimum Gasteiger partial charge on any atom is -0.710 e. The zero-order chi connectivity index (χ0) is 11.8. The summed E-state index contributed by atoms with van der Waals surface area (Å²) in [7, 11) is 0. The van der Waals surface area contributed by atoms with Gasteiger partial charge in [0.1, 0.15) is 0 Å². The second kappa shape index (κ2) is 3.85. The van der Waals surface area contributed by atoms with E-state index < -0.39 is 0 Å². The number of hydrogen-bond donors (Lipinski definition) is 0. The number of rotatable bonds is 1. The van der Waals surface area contributed by atoms with E-state index in [0.717, 1.165) is 15.5 Å². The van der Waals surface area contributed by atoms with Gasteiger partial charge in [-0.05, 0) is 34.6 Å². The van der Waals surface area contributed by atoms with Crippen LogP contribution in [-0.2, 0) is 0 Å². The van der Waals surface area contributed by atoms with E-state index in [0.29, 0.717) is 16.2 Å². The first-order valence-electron chi connectivity index (χ1n) is 5.13. The average Bonchev–Trinajstić information content (AvgIpc) is 2.38. The molecule has 0 saturated heterocycles. The lowest BCUT2D eigenvalue weighted by molar-refractivity contribution is -0.623. The number of hydrogen-bond acceptors (Lipinski definition) is 4. The second-order valence-electron chi connectivity index (χ2n) is 3.64. The van der Waals surface area contributed by atoms with Gasteiger partial charge in [-0.1, -0.05) is 30.3 Å². The van der Waals surface area contributed by atoms with Gasteiger partial charge in [0.05, 0.1) is 5.10 Å². The van der Waals surface area contributed by atoms with Crippen LogP contribution < -0.4 is 4.73 Å². The van der Waals surface area contributed by atoms with Crippen molar-refractivity contribution in [2.24, 2.45) is 0 Å². The van der Waals surface area contributed by atoms with Crippen LogP contribution in [-0.4, -0.2) is 16.5 Å². The Bertz CT molecular complexity index is 715. The third kappa shape index (κ3) is 1.51. The van der Waals surface area contributed by atoms with Crippen molar-refractivity contribution in [2.75, 3.05) is 6.26 Å². The molecule has 0 amide bonds. The van der Waals surface area contributed by atoms with Gasteiger partial charge in [0.2, 0.25) is 0 Å². The van der Waals surface area contributed by atoms with Crippen molar-refractivity contribution < 1.29 is 4.73 Å². The van der Waals surface area contributed by atoms with Gasteiger partial charge in [-0.3, -0.25) is 0 Å². The van der Waals surface area contributed by atoms with Gasteiger partial charge in [-0.2, -0.15) is 0 Å². The number of benzene rings is 2. The predicted octanol–water partition coefficient (Wildman–Crippen LogP) is 2.14. The normalized spacial score (nSPS) is 11.1. The summed E-state index contributed by atoms with van der Waals surface area (Å²) in [6, 6.07) is 11.6. The first kappa shape index (κ1) is 10.3. The number of thioether (sulfide) groups is 1. The lowest BCUT2D eigenvalue weighted by atomic mass is 10.1. The topological polar surface area (TPSA) is 52.7 Å². The van der Waals surface area contributed by atoms with E-state index in [1.807, 2.05) is 42.7 Å². The van der Waals surface area contributed by atoms with Crippen LogP contribution in [0.4, 0.5) is 0 Å². The van der Waals surface area contributed by atoms with E-state index in [9.17, 15) is 5.21 Å². The maximum Gasteiger partial charge on any atom is 0.389 e. The smallest absolute Gasteiger partial charge is 0.389 e. The van der Waals surface area contributed by atoms with Gasteiger partial charge in [-0.15, -0.1) is 0 Å². The molecule has 1 heterocycles. The van der Waals surface area contributed by atoms with Gasteiger partial charge in [-0.25, -0.2) is 4.73 Å². The van der Waals surface area contributed by atoms with E-state index in [2.05, 4.69) is 10.2 Å². The van der Waals surface area contributed by atoms with Crippen LogP contribution in [0.5, 0.6) is 0 Å². The lowest BCUT2D eigenvalue weighted by Gasteiger charge is -2.08. The average molecular weight is 243 g/mol. The molecule has 2 aromatic carbocycles. The molecule has 17 heavy (non-hydrogen) atoms. The van der Waals surface area contributed by atoms with Gasteiger partial charge in [0.15, 0.2) is 11.0 Å². The van der Waals surface area contributed by atoms with Crippen molar-refractivity contribution in [1.29, 1.82) is 0 Å². The number of nitrogens with zero attached hydrogens (tertiary/aromatic N) is 3. The van der Waals surface area contributed by atoms with E-state index in [1.54, 1.807) is 0 Å². The molecule has 0 aliphatic carbocycles. The van der Waals surface area contributed by atoms with Gasteiger partial charge >= 0.3 is 5.16 Å². The molecule has 5 heteroatoms. The Morgan fingerprint density at radius 1 is 1.12 bits per heavy atom. The fourth-order valence-electron chi connectivity index (χ4n) is 1.89. The Morgan fingerprint density at radius 2 is 1.94 bits per heavy atom. The molecular weight excluding hydrogens is 234 g/mol. The van der Waals surface area contributed by atoms with Crippen molar-refractivity contribution in [2.45, 2.75) is 5.16 Å². The molecule has 1 aromatic heterocycles. The Balaban J connectivity index is 2.55. The first-order valence-corrected chi connectivity index (χ1v) is 6.35. The SMILES string of the molecule is CSc1nnc2ccc3ccccc3c2[n+]1[O-]. The molecule has 84 valence electrons. The molecule has 3 rings (SSSR count). The molecule has 4 nitrogen and oxygen atoms in total. The van der Waals surface area contributed by atoms with Crippen LogP contribution in [0, 0.1) is 5.21 Å². The molecule has 0 bridgehead atoms. The highest BCUT2D eigenvalue weighted by atomic mass is 32.2. The lowest BCUT2D eigenvalue weighted by Crippen LogP contribution is -2.32. The third-order valence-corrected chi connectivity index (χ3v) is 3.29. The van der Waals surface area contributed by atoms with Crippen LogP contribution in [0.3, 0.4) is 0 Å². The molecule has 0 spiro atoms. The van der Waals surface area contributed by atoms with Gasteiger partial charge < -0.3 is 5.21 Å². The molecule has 0 saturated carbocycles. The van der Waals surface area contributed by atoms with Crippen molar-refractivity contribution in [3.63, 3.8) is 0 Å². The third-order valence-electron chi connectivity index (χ3n) is 2.68. The quantitative estimate of drug-likeness (QED) is 0.284. The summed E-state index contributed by atoms with van der Waals surface area (Å²) in [5.41, 5.74) is 1.21. The molecule has 0 unspecified atom stereocenters. The molecular formula is C12H9N3OS. The highest BCUT2D eigenvalue weighted by Gasteiger charge is 2.14. The summed E-state index contributed by atoms with van der Waals surface area (Å²) >= 11 is 1.30. The van der Waals surface area contributed by atoms with E-state index in [4.69, 9.17) is 0 Å². The van der Waals surface area contributed by atoms with Crippen molar-refractivity contribution in [3.05, 3.63) is 41.6 Å². The van der Waals surface area contributed by atoms with Crippen molar-refractivity contribution in [1.82, 2.24) is 10.2 Å². The molecule has 0 fully saturated rings. The van der Waals surface area contributed by atoms with Crippen molar-refractivity contribution in [3.8, 4) is 0 Å². The Labute approximate surface area is 102 Å². The van der Waals surface area contributed by atoms with E-state index in [1.165, 1.54) is 11.8 Å². The zero-order valence-corrected chi connectivity index (χ0v) is 9.94. The summed E-state index contributed by atoms with van der Waals surface area (Å²) in [6.45, 7) is 0. The minimum atomic E-state index is 0.369. The summed E-state index contributed by atoms with van der Waals surface area (Å²) < 4.78 is 0.856. The van der Waals surface area contributed by atoms with Gasteiger partial charge in [0.25, 0.3) is 0 Å². The van der Waals surface area contributed by atoms with Crippen molar-refractivity contribution >= 4 is 33.6 Å². The highest BCUT2D eigenvalue weighted by molar-refractivity contribution is 7.98. The zero-order valence-electron chi connectivity index (χ0n) is 9.12. The van der Waals surface area contributed by atoms with Crippen LogP contribution in [0.25, 0.3) is 21.8 Å². The first-order chi connectivity index (χ1) is 8.31. The summed E-state index contributed by atoms with van der Waals surface area (Å²) in [5.74, 6) is 0. The van der Waals surface area contributed by atoms with Crippen LogP contribution in [0.1, 0.15) is 0 Å². The Kier molecular flexibility index (Phi) is 2.33. The molecule has 0 aliphatic heterocycles. The fraction of sp³-hybridized carbons (Fsp3) is 0.0833. The summed E-state index contributed by atoms with van der Waals surface area (Å²) in [4.78, 5) is 0. The monoisotopic (exact) mass is 243 g/mol. The Morgan fingerprint density at radius 3 is 2.76 bits per heavy atom. The summed E-state index contributed by atoms with van der Waals surface area (Å²) in [6.07, 6.45) is 1.81. The molecule has 3 aromatic rings.